The van der Waals surface area contributed by atoms with Gasteiger partial charge in [-0.2, -0.15) is 5.10 Å². The number of rotatable bonds is 6. The maximum atomic E-state index is 12.0. The molecule has 0 aliphatic heterocycles. The zero-order chi connectivity index (χ0) is 16.8. The van der Waals surface area contributed by atoms with Crippen LogP contribution in [0, 0.1) is 0 Å². The number of ketones is 1. The minimum atomic E-state index is -0.111. The van der Waals surface area contributed by atoms with E-state index in [4.69, 9.17) is 4.74 Å². The molecule has 0 fully saturated rings. The minimum Gasteiger partial charge on any atom is -0.489 e. The van der Waals surface area contributed by atoms with E-state index < -0.39 is 0 Å². The summed E-state index contributed by atoms with van der Waals surface area (Å²) in [5.74, 6) is 0.687. The van der Waals surface area contributed by atoms with Gasteiger partial charge in [0.15, 0.2) is 0 Å². The summed E-state index contributed by atoms with van der Waals surface area (Å²) in [6.45, 7) is 0.536. The number of hydrogen-bond acceptors (Lipinski definition) is 3. The number of carbonyl (C=O) groups is 1. The summed E-state index contributed by atoms with van der Waals surface area (Å²) in [6.07, 6.45) is 5.06. The van der Waals surface area contributed by atoms with Crippen LogP contribution in [0.4, 0.5) is 0 Å². The van der Waals surface area contributed by atoms with Crippen LogP contribution in [0.3, 0.4) is 0 Å². The van der Waals surface area contributed by atoms with Gasteiger partial charge in [-0.15, -0.1) is 0 Å². The van der Waals surface area contributed by atoms with Crippen molar-refractivity contribution in [1.82, 2.24) is 9.78 Å². The Morgan fingerprint density at radius 2 is 1.83 bits per heavy atom. The van der Waals surface area contributed by atoms with Gasteiger partial charge in [-0.25, -0.2) is 0 Å². The van der Waals surface area contributed by atoms with Crippen molar-refractivity contribution in [2.75, 3.05) is 0 Å². The van der Waals surface area contributed by atoms with Crippen molar-refractivity contribution >= 4 is 11.9 Å². The molecule has 3 rings (SSSR count). The van der Waals surface area contributed by atoms with Gasteiger partial charge in [0, 0.05) is 13.2 Å². The molecule has 0 N–H and O–H groups in total. The lowest BCUT2D eigenvalue weighted by atomic mass is 10.1. The van der Waals surface area contributed by atoms with Crippen molar-refractivity contribution in [2.24, 2.45) is 7.05 Å². The zero-order valence-corrected chi connectivity index (χ0v) is 13.4. The van der Waals surface area contributed by atoms with Crippen molar-refractivity contribution in [3.05, 3.63) is 89.8 Å². The van der Waals surface area contributed by atoms with Crippen molar-refractivity contribution in [3.63, 3.8) is 0 Å². The molecule has 4 heteroatoms. The first-order valence-corrected chi connectivity index (χ1v) is 7.69. The first-order chi connectivity index (χ1) is 11.7. The second-order valence-corrected chi connectivity index (χ2v) is 5.42. The van der Waals surface area contributed by atoms with Gasteiger partial charge in [-0.1, -0.05) is 48.5 Å². The molecule has 0 aliphatic carbocycles. The Bertz CT molecular complexity index is 834. The van der Waals surface area contributed by atoms with Crippen LogP contribution in [0.2, 0.25) is 0 Å². The molecule has 0 unspecified atom stereocenters. The van der Waals surface area contributed by atoms with Gasteiger partial charge in [-0.05, 0) is 35.4 Å². The van der Waals surface area contributed by atoms with Crippen LogP contribution in [0.1, 0.15) is 21.6 Å². The van der Waals surface area contributed by atoms with Crippen LogP contribution in [0.5, 0.6) is 5.75 Å². The maximum absolute atomic E-state index is 12.0. The molecule has 0 atom stereocenters. The van der Waals surface area contributed by atoms with Crippen molar-refractivity contribution in [1.29, 1.82) is 0 Å². The molecule has 0 bridgehead atoms. The van der Waals surface area contributed by atoms with Gasteiger partial charge in [0.25, 0.3) is 0 Å². The van der Waals surface area contributed by atoms with Crippen LogP contribution in [0.25, 0.3) is 6.08 Å². The molecule has 0 spiro atoms. The molecule has 3 aromatic rings. The molecule has 24 heavy (non-hydrogen) atoms. The SMILES string of the molecule is Cn1ccc(C(=O)/C=C/c2ccc(OCc3ccccc3)cc2)n1. The number of aromatic nitrogens is 2. The Morgan fingerprint density at radius 3 is 2.50 bits per heavy atom. The third-order valence-corrected chi connectivity index (χ3v) is 3.52. The largest absolute Gasteiger partial charge is 0.489 e. The van der Waals surface area contributed by atoms with E-state index in [0.717, 1.165) is 16.9 Å². The maximum Gasteiger partial charge on any atom is 0.206 e. The number of ether oxygens (including phenoxy) is 1. The predicted octanol–water partition coefficient (Wildman–Crippen LogP) is 3.90. The molecule has 0 aliphatic rings. The van der Waals surface area contributed by atoms with Gasteiger partial charge in [0.2, 0.25) is 5.78 Å². The van der Waals surface area contributed by atoms with Crippen molar-refractivity contribution < 1.29 is 9.53 Å². The summed E-state index contributed by atoms with van der Waals surface area (Å²) >= 11 is 0. The second kappa shape index (κ2) is 7.42. The van der Waals surface area contributed by atoms with Gasteiger partial charge in [0.1, 0.15) is 18.1 Å². The highest BCUT2D eigenvalue weighted by Crippen LogP contribution is 2.15. The average Bonchev–Trinajstić information content (AvgIpc) is 3.06. The summed E-state index contributed by atoms with van der Waals surface area (Å²) in [5.41, 5.74) is 2.50. The van der Waals surface area contributed by atoms with E-state index >= 15 is 0 Å². The summed E-state index contributed by atoms with van der Waals surface area (Å²) in [4.78, 5) is 12.0. The fourth-order valence-corrected chi connectivity index (χ4v) is 2.22. The van der Waals surface area contributed by atoms with E-state index in [9.17, 15) is 4.79 Å². The Kier molecular flexibility index (Phi) is 4.87. The molecule has 1 aromatic heterocycles. The number of nitrogens with zero attached hydrogens (tertiary/aromatic N) is 2. The third-order valence-electron chi connectivity index (χ3n) is 3.52. The van der Waals surface area contributed by atoms with Crippen LogP contribution in [-0.2, 0) is 13.7 Å². The van der Waals surface area contributed by atoms with E-state index in [1.54, 1.807) is 30.1 Å². The lowest BCUT2D eigenvalue weighted by Gasteiger charge is -2.06. The fraction of sp³-hybridized carbons (Fsp3) is 0.100. The Hall–Kier alpha value is -3.14. The van der Waals surface area contributed by atoms with Crippen molar-refractivity contribution in [3.8, 4) is 5.75 Å². The molecular weight excluding hydrogens is 300 g/mol. The van der Waals surface area contributed by atoms with Crippen LogP contribution in [-0.4, -0.2) is 15.6 Å². The van der Waals surface area contributed by atoms with Gasteiger partial charge in [0.05, 0.1) is 0 Å². The molecule has 0 saturated carbocycles. The Labute approximate surface area is 141 Å². The van der Waals surface area contributed by atoms with E-state index in [1.165, 1.54) is 6.08 Å². The number of benzene rings is 2. The number of allylic oxidation sites excluding steroid dienone is 1. The number of carbonyl (C=O) groups excluding carboxylic acids is 1. The summed E-state index contributed by atoms with van der Waals surface area (Å²) in [5, 5.41) is 4.09. The summed E-state index contributed by atoms with van der Waals surface area (Å²) < 4.78 is 7.35. The monoisotopic (exact) mass is 318 g/mol. The van der Waals surface area contributed by atoms with Gasteiger partial charge >= 0.3 is 0 Å². The quantitative estimate of drug-likeness (QED) is 0.511. The first-order valence-electron chi connectivity index (χ1n) is 7.69. The van der Waals surface area contributed by atoms with Crippen LogP contribution < -0.4 is 4.74 Å². The highest BCUT2D eigenvalue weighted by molar-refractivity contribution is 6.05. The predicted molar refractivity (Wildman–Crippen MR) is 93.8 cm³/mol. The van der Waals surface area contributed by atoms with E-state index in [2.05, 4.69) is 5.10 Å². The molecule has 120 valence electrons. The van der Waals surface area contributed by atoms with E-state index in [-0.39, 0.29) is 5.78 Å². The van der Waals surface area contributed by atoms with Gasteiger partial charge in [-0.3, -0.25) is 9.48 Å². The highest BCUT2D eigenvalue weighted by Gasteiger charge is 2.04. The molecule has 2 aromatic carbocycles. The lowest BCUT2D eigenvalue weighted by molar-refractivity contribution is 0.104. The second-order valence-electron chi connectivity index (χ2n) is 5.42. The third kappa shape index (κ3) is 4.20. The molecular formula is C20H18N2O2. The normalized spacial score (nSPS) is 10.9. The Balaban J connectivity index is 1.58. The zero-order valence-electron chi connectivity index (χ0n) is 13.4. The van der Waals surface area contributed by atoms with E-state index in [0.29, 0.717) is 12.3 Å². The summed E-state index contributed by atoms with van der Waals surface area (Å²) in [7, 11) is 1.79. The molecule has 4 nitrogen and oxygen atoms in total. The lowest BCUT2D eigenvalue weighted by Crippen LogP contribution is -1.97. The molecule has 0 amide bonds. The topological polar surface area (TPSA) is 44.1 Å². The average molecular weight is 318 g/mol. The minimum absolute atomic E-state index is 0.111. The Morgan fingerprint density at radius 1 is 1.08 bits per heavy atom. The van der Waals surface area contributed by atoms with Gasteiger partial charge < -0.3 is 4.74 Å². The summed E-state index contributed by atoms with van der Waals surface area (Å²) in [6, 6.07) is 19.4. The molecule has 0 saturated heterocycles. The van der Waals surface area contributed by atoms with E-state index in [1.807, 2.05) is 54.6 Å². The van der Waals surface area contributed by atoms with Crippen LogP contribution >= 0.6 is 0 Å². The van der Waals surface area contributed by atoms with Crippen molar-refractivity contribution in [2.45, 2.75) is 6.61 Å². The van der Waals surface area contributed by atoms with Crippen LogP contribution in [0.15, 0.2) is 72.9 Å². The standard InChI is InChI=1S/C20H18N2O2/c1-22-14-13-19(21-22)20(23)12-9-16-7-10-18(11-8-16)24-15-17-5-3-2-4-6-17/h2-14H,15H2,1H3/b12-9+. The smallest absolute Gasteiger partial charge is 0.206 e. The highest BCUT2D eigenvalue weighted by atomic mass is 16.5. The number of hydrogen-bond donors (Lipinski definition) is 0. The molecule has 0 radical (unpaired) electrons. The fourth-order valence-electron chi connectivity index (χ4n) is 2.22. The molecule has 1 heterocycles. The first kappa shape index (κ1) is 15.7. The number of aryl methyl sites for hydroxylation is 1.